The maximum absolute atomic E-state index is 5.40. The summed E-state index contributed by atoms with van der Waals surface area (Å²) in [7, 11) is 2.06. The van der Waals surface area contributed by atoms with Gasteiger partial charge < -0.3 is 14.2 Å². The molecule has 4 heterocycles. The summed E-state index contributed by atoms with van der Waals surface area (Å²) in [6.07, 6.45) is 3.73. The molecule has 3 aromatic heterocycles. The van der Waals surface area contributed by atoms with Crippen LogP contribution in [-0.2, 0) is 11.8 Å². The fourth-order valence-electron chi connectivity index (χ4n) is 2.87. The van der Waals surface area contributed by atoms with Crippen LogP contribution in [0.3, 0.4) is 0 Å². The number of aromatic nitrogens is 3. The lowest BCUT2D eigenvalue weighted by Gasteiger charge is -2.27. The van der Waals surface area contributed by atoms with Crippen molar-refractivity contribution in [2.24, 2.45) is 7.05 Å². The van der Waals surface area contributed by atoms with E-state index in [1.165, 1.54) is 5.52 Å². The number of anilines is 1. The van der Waals surface area contributed by atoms with Crippen molar-refractivity contribution in [1.82, 2.24) is 14.5 Å². The van der Waals surface area contributed by atoms with Gasteiger partial charge in [0, 0.05) is 43.3 Å². The molecule has 0 spiro atoms. The lowest BCUT2D eigenvalue weighted by atomic mass is 10.2. The van der Waals surface area contributed by atoms with Crippen LogP contribution in [0.1, 0.15) is 13.8 Å². The van der Waals surface area contributed by atoms with E-state index in [-0.39, 0.29) is 0 Å². The van der Waals surface area contributed by atoms with Crippen molar-refractivity contribution in [2.75, 3.05) is 31.2 Å². The largest absolute Gasteiger partial charge is 0.378 e. The van der Waals surface area contributed by atoms with Crippen molar-refractivity contribution in [1.29, 1.82) is 0 Å². The Kier molecular flexibility index (Phi) is 4.24. The van der Waals surface area contributed by atoms with Crippen molar-refractivity contribution in [3.05, 3.63) is 30.6 Å². The first-order chi connectivity index (χ1) is 10.8. The van der Waals surface area contributed by atoms with Gasteiger partial charge in [-0.2, -0.15) is 0 Å². The van der Waals surface area contributed by atoms with E-state index in [9.17, 15) is 0 Å². The van der Waals surface area contributed by atoms with E-state index >= 15 is 0 Å². The molecule has 0 unspecified atom stereocenters. The van der Waals surface area contributed by atoms with E-state index in [2.05, 4.69) is 33.6 Å². The van der Waals surface area contributed by atoms with Crippen molar-refractivity contribution >= 4 is 27.8 Å². The molecular formula is C17H22N4O. The first-order valence-electron chi connectivity index (χ1n) is 7.86. The van der Waals surface area contributed by atoms with Gasteiger partial charge in [-0.15, -0.1) is 0 Å². The highest BCUT2D eigenvalue weighted by molar-refractivity contribution is 6.06. The zero-order valence-corrected chi connectivity index (χ0v) is 13.4. The molecule has 0 amide bonds. The first kappa shape index (κ1) is 14.8. The van der Waals surface area contributed by atoms with E-state index in [1.807, 2.05) is 32.3 Å². The second kappa shape index (κ2) is 6.32. The number of hydrogen-bond acceptors (Lipinski definition) is 4. The van der Waals surface area contributed by atoms with Crippen LogP contribution in [0.25, 0.3) is 21.9 Å². The molecule has 1 aliphatic heterocycles. The van der Waals surface area contributed by atoms with Crippen LogP contribution < -0.4 is 4.90 Å². The molecule has 0 aliphatic carbocycles. The number of aryl methyl sites for hydroxylation is 1. The van der Waals surface area contributed by atoms with Crippen LogP contribution in [0.2, 0.25) is 0 Å². The van der Waals surface area contributed by atoms with Crippen LogP contribution in [0.15, 0.2) is 30.6 Å². The summed E-state index contributed by atoms with van der Waals surface area (Å²) in [6, 6.07) is 6.28. The third-order valence-corrected chi connectivity index (χ3v) is 3.96. The highest BCUT2D eigenvalue weighted by Gasteiger charge is 2.15. The van der Waals surface area contributed by atoms with Crippen molar-refractivity contribution in [3.63, 3.8) is 0 Å². The SMILES string of the molecule is CC.Cn1c2ccncc2c2ccc(N3CCOCC3)nc21. The van der Waals surface area contributed by atoms with Gasteiger partial charge in [0.15, 0.2) is 0 Å². The first-order valence-corrected chi connectivity index (χ1v) is 7.86. The number of ether oxygens (including phenoxy) is 1. The van der Waals surface area contributed by atoms with Gasteiger partial charge in [0.05, 0.1) is 18.7 Å². The zero-order valence-electron chi connectivity index (χ0n) is 13.4. The lowest BCUT2D eigenvalue weighted by molar-refractivity contribution is 0.122. The van der Waals surface area contributed by atoms with Crippen molar-refractivity contribution in [2.45, 2.75) is 13.8 Å². The molecule has 1 aliphatic rings. The van der Waals surface area contributed by atoms with Gasteiger partial charge in [0.25, 0.3) is 0 Å². The number of morpholine rings is 1. The van der Waals surface area contributed by atoms with E-state index in [4.69, 9.17) is 9.72 Å². The van der Waals surface area contributed by atoms with Crippen LogP contribution in [0.5, 0.6) is 0 Å². The van der Waals surface area contributed by atoms with Gasteiger partial charge in [-0.1, -0.05) is 13.8 Å². The second-order valence-corrected chi connectivity index (χ2v) is 5.09. The minimum absolute atomic E-state index is 0.777. The van der Waals surface area contributed by atoms with Crippen LogP contribution in [0.4, 0.5) is 5.82 Å². The van der Waals surface area contributed by atoms with Crippen LogP contribution in [0, 0.1) is 0 Å². The molecule has 0 atom stereocenters. The molecule has 4 rings (SSSR count). The minimum Gasteiger partial charge on any atom is -0.378 e. The summed E-state index contributed by atoms with van der Waals surface area (Å²) in [5, 5.41) is 2.32. The highest BCUT2D eigenvalue weighted by Crippen LogP contribution is 2.28. The number of hydrogen-bond donors (Lipinski definition) is 0. The molecule has 5 heteroatoms. The molecule has 3 aromatic rings. The van der Waals surface area contributed by atoms with Crippen LogP contribution >= 0.6 is 0 Å². The third kappa shape index (κ3) is 2.41. The van der Waals surface area contributed by atoms with Gasteiger partial charge in [-0.25, -0.2) is 4.98 Å². The fourth-order valence-corrected chi connectivity index (χ4v) is 2.87. The van der Waals surface area contributed by atoms with Crippen molar-refractivity contribution in [3.8, 4) is 0 Å². The topological polar surface area (TPSA) is 43.2 Å². The molecule has 0 saturated carbocycles. The molecule has 116 valence electrons. The van der Waals surface area contributed by atoms with Gasteiger partial charge in [-0.3, -0.25) is 4.98 Å². The summed E-state index contributed by atoms with van der Waals surface area (Å²) in [6.45, 7) is 7.37. The van der Waals surface area contributed by atoms with E-state index in [1.54, 1.807) is 0 Å². The Morgan fingerprint density at radius 2 is 1.82 bits per heavy atom. The Morgan fingerprint density at radius 3 is 2.59 bits per heavy atom. The molecule has 5 nitrogen and oxygen atoms in total. The predicted octanol–water partition coefficient (Wildman–Crippen LogP) is 2.98. The van der Waals surface area contributed by atoms with Gasteiger partial charge in [0.2, 0.25) is 0 Å². The smallest absolute Gasteiger partial charge is 0.143 e. The molecule has 1 fully saturated rings. The van der Waals surface area contributed by atoms with E-state index < -0.39 is 0 Å². The highest BCUT2D eigenvalue weighted by atomic mass is 16.5. The molecule has 0 radical (unpaired) electrons. The molecule has 1 saturated heterocycles. The summed E-state index contributed by atoms with van der Waals surface area (Å²) in [5.41, 5.74) is 2.18. The fraction of sp³-hybridized carbons (Fsp3) is 0.412. The Bertz CT molecular complexity index is 775. The van der Waals surface area contributed by atoms with Gasteiger partial charge >= 0.3 is 0 Å². The normalized spacial score (nSPS) is 15.0. The minimum atomic E-state index is 0.777. The molecule has 0 aromatic carbocycles. The molecule has 22 heavy (non-hydrogen) atoms. The zero-order chi connectivity index (χ0) is 15.5. The van der Waals surface area contributed by atoms with E-state index in [0.29, 0.717) is 0 Å². The monoisotopic (exact) mass is 298 g/mol. The molecule has 0 N–H and O–H groups in total. The maximum atomic E-state index is 5.40. The van der Waals surface area contributed by atoms with Gasteiger partial charge in [-0.05, 0) is 18.2 Å². The average Bonchev–Trinajstić information content (AvgIpc) is 2.90. The Morgan fingerprint density at radius 1 is 1.05 bits per heavy atom. The standard InChI is InChI=1S/C15H16N4O.C2H6/c1-18-13-4-5-16-10-12(13)11-2-3-14(17-15(11)18)19-6-8-20-9-7-19;1-2/h2-5,10H,6-9H2,1H3;1-2H3. The average molecular weight is 298 g/mol. The molecule has 0 bridgehead atoms. The molecular weight excluding hydrogens is 276 g/mol. The predicted molar refractivity (Wildman–Crippen MR) is 90.4 cm³/mol. The summed E-state index contributed by atoms with van der Waals surface area (Å²) in [4.78, 5) is 11.3. The van der Waals surface area contributed by atoms with E-state index in [0.717, 1.165) is 48.5 Å². The summed E-state index contributed by atoms with van der Waals surface area (Å²) in [5.74, 6) is 1.03. The second-order valence-electron chi connectivity index (χ2n) is 5.09. The summed E-state index contributed by atoms with van der Waals surface area (Å²) >= 11 is 0. The van der Waals surface area contributed by atoms with Crippen LogP contribution in [-0.4, -0.2) is 40.8 Å². The quantitative estimate of drug-likeness (QED) is 0.693. The maximum Gasteiger partial charge on any atom is 0.143 e. The lowest BCUT2D eigenvalue weighted by Crippen LogP contribution is -2.36. The number of pyridine rings is 2. The number of fused-ring (bicyclic) bond motifs is 3. The third-order valence-electron chi connectivity index (χ3n) is 3.96. The number of rotatable bonds is 1. The van der Waals surface area contributed by atoms with Crippen molar-refractivity contribution < 1.29 is 4.74 Å². The Balaban J connectivity index is 0.000000693. The Hall–Kier alpha value is -2.14. The number of nitrogens with zero attached hydrogens (tertiary/aromatic N) is 4. The Labute approximate surface area is 130 Å². The van der Waals surface area contributed by atoms with Gasteiger partial charge in [0.1, 0.15) is 11.5 Å². The summed E-state index contributed by atoms with van der Waals surface area (Å²) < 4.78 is 7.53.